The molecular weight excluding hydrogens is 346 g/mol. The number of benzene rings is 1. The van der Waals surface area contributed by atoms with Gasteiger partial charge in [-0.2, -0.15) is 0 Å². The first-order valence-electron chi connectivity index (χ1n) is 5.40. The Morgan fingerprint density at radius 2 is 1.82 bits per heavy atom. The number of halogens is 2. The highest BCUT2D eigenvalue weighted by Crippen LogP contribution is 2.27. The Kier molecular flexibility index (Phi) is 4.07. The minimum Gasteiger partial charge on any atom is -0.464 e. The van der Waals surface area contributed by atoms with E-state index in [0.29, 0.717) is 0 Å². The summed E-state index contributed by atoms with van der Waals surface area (Å²) in [7, 11) is 0. The van der Waals surface area contributed by atoms with Gasteiger partial charge in [-0.15, -0.1) is 0 Å². The number of rotatable bonds is 3. The third kappa shape index (κ3) is 3.00. The maximum Gasteiger partial charge on any atom is 0.125 e. The Morgan fingerprint density at radius 1 is 1.18 bits per heavy atom. The van der Waals surface area contributed by atoms with Crippen molar-refractivity contribution in [2.24, 2.45) is 5.73 Å². The van der Waals surface area contributed by atoms with Gasteiger partial charge in [0.2, 0.25) is 0 Å². The van der Waals surface area contributed by atoms with Crippen LogP contribution in [-0.2, 0) is 6.42 Å². The van der Waals surface area contributed by atoms with Crippen LogP contribution in [0, 0.1) is 0 Å². The molecule has 4 heteroatoms. The molecule has 2 rings (SSSR count). The molecule has 90 valence electrons. The first-order chi connectivity index (χ1) is 8.10. The highest BCUT2D eigenvalue weighted by atomic mass is 79.9. The second-order valence-corrected chi connectivity index (χ2v) is 5.67. The molecule has 0 aliphatic rings. The lowest BCUT2D eigenvalue weighted by Crippen LogP contribution is -2.10. The summed E-state index contributed by atoms with van der Waals surface area (Å²) < 4.78 is 7.67. The minimum atomic E-state index is -0.232. The summed E-state index contributed by atoms with van der Waals surface area (Å²) in [4.78, 5) is 0. The van der Waals surface area contributed by atoms with Crippen molar-refractivity contribution in [2.75, 3.05) is 0 Å². The molecule has 2 aromatic rings. The van der Waals surface area contributed by atoms with E-state index < -0.39 is 0 Å². The molecule has 0 spiro atoms. The first kappa shape index (κ1) is 12.9. The third-order valence-corrected chi connectivity index (χ3v) is 3.50. The Balaban J connectivity index is 2.32. The fraction of sp³-hybridized carbons (Fsp3) is 0.231. The van der Waals surface area contributed by atoms with E-state index in [1.807, 2.05) is 30.3 Å². The van der Waals surface area contributed by atoms with Gasteiger partial charge in [0.1, 0.15) is 11.5 Å². The van der Waals surface area contributed by atoms with Gasteiger partial charge in [0.25, 0.3) is 0 Å². The van der Waals surface area contributed by atoms with Crippen LogP contribution in [0.4, 0.5) is 0 Å². The molecule has 0 fully saturated rings. The van der Waals surface area contributed by atoms with E-state index in [-0.39, 0.29) is 6.04 Å². The molecule has 0 aliphatic heterocycles. The summed E-state index contributed by atoms with van der Waals surface area (Å²) in [6, 6.07) is 9.67. The van der Waals surface area contributed by atoms with E-state index in [0.717, 1.165) is 32.5 Å². The molecule has 1 unspecified atom stereocenters. The first-order valence-corrected chi connectivity index (χ1v) is 6.99. The molecule has 2 nitrogen and oxygen atoms in total. The molecule has 1 heterocycles. The normalized spacial score (nSPS) is 12.7. The minimum absolute atomic E-state index is 0.232. The monoisotopic (exact) mass is 357 g/mol. The van der Waals surface area contributed by atoms with Gasteiger partial charge in [-0.3, -0.25) is 0 Å². The third-order valence-electron chi connectivity index (χ3n) is 2.58. The molecule has 0 saturated heterocycles. The quantitative estimate of drug-likeness (QED) is 0.882. The van der Waals surface area contributed by atoms with Crippen LogP contribution < -0.4 is 5.73 Å². The molecule has 0 saturated carbocycles. The van der Waals surface area contributed by atoms with Crippen molar-refractivity contribution in [3.8, 4) is 0 Å². The van der Waals surface area contributed by atoms with Gasteiger partial charge in [0.05, 0.1) is 6.04 Å². The van der Waals surface area contributed by atoms with Crippen LogP contribution in [-0.4, -0.2) is 0 Å². The average molecular weight is 359 g/mol. The average Bonchev–Trinajstić information content (AvgIpc) is 2.75. The molecule has 1 atom stereocenters. The van der Waals surface area contributed by atoms with Gasteiger partial charge in [-0.1, -0.05) is 38.8 Å². The predicted molar refractivity (Wildman–Crippen MR) is 76.0 cm³/mol. The Bertz CT molecular complexity index is 502. The van der Waals surface area contributed by atoms with Crippen LogP contribution in [0.1, 0.15) is 30.0 Å². The number of hydrogen-bond donors (Lipinski definition) is 1. The SMILES string of the molecule is CCc1ccc(C(N)c2cc(Br)cc(Br)c2)o1. The van der Waals surface area contributed by atoms with Crippen LogP contribution in [0.5, 0.6) is 0 Å². The second kappa shape index (κ2) is 5.38. The zero-order valence-electron chi connectivity index (χ0n) is 9.41. The standard InChI is InChI=1S/C13H13Br2NO/c1-2-11-3-4-12(17-11)13(16)8-5-9(14)7-10(15)6-8/h3-7,13H,2,16H2,1H3. The van der Waals surface area contributed by atoms with Crippen LogP contribution in [0.25, 0.3) is 0 Å². The molecule has 17 heavy (non-hydrogen) atoms. The number of hydrogen-bond acceptors (Lipinski definition) is 2. The van der Waals surface area contributed by atoms with Crippen molar-refractivity contribution < 1.29 is 4.42 Å². The maximum absolute atomic E-state index is 6.19. The number of nitrogens with two attached hydrogens (primary N) is 1. The van der Waals surface area contributed by atoms with Crippen LogP contribution in [0.15, 0.2) is 43.7 Å². The summed E-state index contributed by atoms with van der Waals surface area (Å²) in [5.41, 5.74) is 7.20. The van der Waals surface area contributed by atoms with Gasteiger partial charge in [0.15, 0.2) is 0 Å². The van der Waals surface area contributed by atoms with Gasteiger partial charge in [0, 0.05) is 15.4 Å². The number of furan rings is 1. The van der Waals surface area contributed by atoms with Crippen molar-refractivity contribution in [1.29, 1.82) is 0 Å². The molecule has 0 amide bonds. The zero-order valence-corrected chi connectivity index (χ0v) is 12.6. The number of aryl methyl sites for hydroxylation is 1. The summed E-state index contributed by atoms with van der Waals surface area (Å²) in [6.45, 7) is 2.06. The fourth-order valence-electron chi connectivity index (χ4n) is 1.67. The van der Waals surface area contributed by atoms with Crippen molar-refractivity contribution in [3.63, 3.8) is 0 Å². The second-order valence-electron chi connectivity index (χ2n) is 3.84. The lowest BCUT2D eigenvalue weighted by atomic mass is 10.1. The molecule has 0 radical (unpaired) electrons. The van der Waals surface area contributed by atoms with Crippen molar-refractivity contribution in [1.82, 2.24) is 0 Å². The molecule has 2 N–H and O–H groups in total. The highest BCUT2D eigenvalue weighted by Gasteiger charge is 2.14. The summed E-state index contributed by atoms with van der Waals surface area (Å²) >= 11 is 6.91. The molecular formula is C13H13Br2NO. The van der Waals surface area contributed by atoms with Gasteiger partial charge in [-0.05, 0) is 35.9 Å². The largest absolute Gasteiger partial charge is 0.464 e. The summed E-state index contributed by atoms with van der Waals surface area (Å²) in [6.07, 6.45) is 0.884. The molecule has 1 aromatic carbocycles. The lowest BCUT2D eigenvalue weighted by molar-refractivity contribution is 0.454. The van der Waals surface area contributed by atoms with Gasteiger partial charge in [-0.25, -0.2) is 0 Å². The van der Waals surface area contributed by atoms with E-state index in [2.05, 4.69) is 38.8 Å². The predicted octanol–water partition coefficient (Wildman–Crippen LogP) is 4.42. The fourth-order valence-corrected chi connectivity index (χ4v) is 3.00. The molecule has 0 bridgehead atoms. The van der Waals surface area contributed by atoms with E-state index in [9.17, 15) is 0 Å². The van der Waals surface area contributed by atoms with Gasteiger partial charge < -0.3 is 10.2 Å². The maximum atomic E-state index is 6.19. The zero-order chi connectivity index (χ0) is 12.4. The van der Waals surface area contributed by atoms with Crippen molar-refractivity contribution in [2.45, 2.75) is 19.4 Å². The molecule has 1 aromatic heterocycles. The summed E-state index contributed by atoms with van der Waals surface area (Å²) in [5, 5.41) is 0. The Hall–Kier alpha value is -0.580. The lowest BCUT2D eigenvalue weighted by Gasteiger charge is -2.10. The van der Waals surface area contributed by atoms with E-state index in [4.69, 9.17) is 10.2 Å². The van der Waals surface area contributed by atoms with Gasteiger partial charge >= 0.3 is 0 Å². The molecule has 0 aliphatic carbocycles. The van der Waals surface area contributed by atoms with Crippen LogP contribution in [0.3, 0.4) is 0 Å². The van der Waals surface area contributed by atoms with E-state index >= 15 is 0 Å². The Labute approximate surface area is 117 Å². The van der Waals surface area contributed by atoms with E-state index in [1.165, 1.54) is 0 Å². The Morgan fingerprint density at radius 3 is 2.35 bits per heavy atom. The highest BCUT2D eigenvalue weighted by molar-refractivity contribution is 9.11. The topological polar surface area (TPSA) is 39.2 Å². The van der Waals surface area contributed by atoms with E-state index in [1.54, 1.807) is 0 Å². The van der Waals surface area contributed by atoms with Crippen molar-refractivity contribution >= 4 is 31.9 Å². The van der Waals surface area contributed by atoms with Crippen LogP contribution >= 0.6 is 31.9 Å². The van der Waals surface area contributed by atoms with Crippen LogP contribution in [0.2, 0.25) is 0 Å². The van der Waals surface area contributed by atoms with Crippen molar-refractivity contribution in [3.05, 3.63) is 56.4 Å². The smallest absolute Gasteiger partial charge is 0.125 e. The summed E-state index contributed by atoms with van der Waals surface area (Å²) in [5.74, 6) is 1.76.